The molecule has 204 valence electrons. The second-order valence-electron chi connectivity index (χ2n) is 9.41. The predicted molar refractivity (Wildman–Crippen MR) is 140 cm³/mol. The molecule has 2 aromatic rings. The van der Waals surface area contributed by atoms with Gasteiger partial charge >= 0.3 is 11.9 Å². The monoisotopic (exact) mass is 643 g/mol. The van der Waals surface area contributed by atoms with Gasteiger partial charge in [-0.2, -0.15) is 4.37 Å². The zero-order valence-electron chi connectivity index (χ0n) is 22.2. The van der Waals surface area contributed by atoms with Gasteiger partial charge in [-0.05, 0) is 12.5 Å². The van der Waals surface area contributed by atoms with Crippen LogP contribution in [0.15, 0.2) is 30.3 Å². The molecule has 2 unspecified atom stereocenters. The van der Waals surface area contributed by atoms with Gasteiger partial charge in [0.05, 0.1) is 38.3 Å². The fourth-order valence-corrected chi connectivity index (χ4v) is 4.71. The lowest BCUT2D eigenvalue weighted by Crippen LogP contribution is -3.00. The molecule has 37 heavy (non-hydrogen) atoms. The van der Waals surface area contributed by atoms with Crippen LogP contribution in [0.4, 0.5) is 0 Å². The number of nitrogens with zero attached hydrogens (tertiary/aromatic N) is 3. The Hall–Kier alpha value is -2.05. The fourth-order valence-electron chi connectivity index (χ4n) is 4.18. The number of ether oxygens (including phenoxy) is 3. The highest BCUT2D eigenvalue weighted by Crippen LogP contribution is 2.32. The zero-order chi connectivity index (χ0) is 26.0. The van der Waals surface area contributed by atoms with E-state index in [0.29, 0.717) is 34.8 Å². The average Bonchev–Trinajstić information content (AvgIpc) is 3.33. The SMILES string of the molecule is CCCCCCOc1nsnc1C1=CCC[N+](C)(C(C)OC(=O)Cc2ccccc2OC(=O)CC)C1.[I-]. The summed E-state index contributed by atoms with van der Waals surface area (Å²) in [4.78, 5) is 24.6. The Morgan fingerprint density at radius 1 is 1.11 bits per heavy atom. The Morgan fingerprint density at radius 2 is 1.89 bits per heavy atom. The highest BCUT2D eigenvalue weighted by molar-refractivity contribution is 6.99. The van der Waals surface area contributed by atoms with Crippen LogP contribution in [0, 0.1) is 0 Å². The van der Waals surface area contributed by atoms with Crippen molar-refractivity contribution in [3.8, 4) is 11.6 Å². The third-order valence-corrected chi connectivity index (χ3v) is 7.07. The average molecular weight is 644 g/mol. The number of halogens is 1. The summed E-state index contributed by atoms with van der Waals surface area (Å²) in [5.74, 6) is 0.301. The molecule has 2 heterocycles. The van der Waals surface area contributed by atoms with E-state index >= 15 is 0 Å². The lowest BCUT2D eigenvalue weighted by molar-refractivity contribution is -0.944. The van der Waals surface area contributed by atoms with Crippen molar-refractivity contribution in [1.82, 2.24) is 8.75 Å². The smallest absolute Gasteiger partial charge is 0.314 e. The molecule has 0 aliphatic carbocycles. The predicted octanol–water partition coefficient (Wildman–Crippen LogP) is 2.18. The Balaban J connectivity index is 0.00000481. The second kappa shape index (κ2) is 15.4. The van der Waals surface area contributed by atoms with Crippen LogP contribution in [0.25, 0.3) is 5.57 Å². The lowest BCUT2D eigenvalue weighted by Gasteiger charge is -2.41. The van der Waals surface area contributed by atoms with Crippen LogP contribution in [0.3, 0.4) is 0 Å². The number of para-hydroxylation sites is 1. The van der Waals surface area contributed by atoms with Crippen LogP contribution in [0.2, 0.25) is 0 Å². The molecule has 0 fully saturated rings. The van der Waals surface area contributed by atoms with Crippen molar-refractivity contribution in [2.24, 2.45) is 0 Å². The van der Waals surface area contributed by atoms with Crippen molar-refractivity contribution in [2.45, 2.75) is 71.9 Å². The largest absolute Gasteiger partial charge is 1.00 e. The molecule has 0 amide bonds. The van der Waals surface area contributed by atoms with E-state index in [1.807, 2.05) is 13.0 Å². The lowest BCUT2D eigenvalue weighted by atomic mass is 10.0. The van der Waals surface area contributed by atoms with E-state index in [4.69, 9.17) is 14.2 Å². The highest BCUT2D eigenvalue weighted by Gasteiger charge is 2.36. The van der Waals surface area contributed by atoms with Gasteiger partial charge in [0.15, 0.2) is 0 Å². The molecule has 0 bridgehead atoms. The second-order valence-corrected chi connectivity index (χ2v) is 9.94. The minimum absolute atomic E-state index is 0. The number of carbonyl (C=O) groups excluding carboxylic acids is 2. The number of hydrogen-bond acceptors (Lipinski definition) is 8. The van der Waals surface area contributed by atoms with Gasteiger partial charge in [0, 0.05) is 30.9 Å². The number of esters is 2. The van der Waals surface area contributed by atoms with E-state index in [9.17, 15) is 9.59 Å². The van der Waals surface area contributed by atoms with Crippen LogP contribution in [-0.2, 0) is 20.7 Å². The molecule has 1 aliphatic heterocycles. The Bertz CT molecular complexity index is 1060. The molecule has 1 aromatic carbocycles. The topological polar surface area (TPSA) is 87.6 Å². The number of benzene rings is 1. The van der Waals surface area contributed by atoms with Crippen LogP contribution in [0.1, 0.15) is 70.6 Å². The molecule has 0 radical (unpaired) electrons. The zero-order valence-corrected chi connectivity index (χ0v) is 25.2. The molecule has 0 N–H and O–H groups in total. The number of likely N-dealkylation sites (N-methyl/N-ethyl adjacent to an activating group) is 1. The first kappa shape index (κ1) is 31.2. The first-order chi connectivity index (χ1) is 17.4. The van der Waals surface area contributed by atoms with Crippen molar-refractivity contribution in [2.75, 3.05) is 26.7 Å². The van der Waals surface area contributed by atoms with Crippen molar-refractivity contribution < 1.29 is 52.3 Å². The summed E-state index contributed by atoms with van der Waals surface area (Å²) in [5.41, 5.74) is 2.50. The van der Waals surface area contributed by atoms with E-state index in [0.717, 1.165) is 48.8 Å². The third-order valence-electron chi connectivity index (χ3n) is 6.56. The number of unbranched alkanes of at least 4 members (excludes halogenated alkanes) is 3. The Labute approximate surface area is 241 Å². The molecule has 1 aromatic heterocycles. The van der Waals surface area contributed by atoms with Crippen molar-refractivity contribution >= 4 is 29.2 Å². The quantitative estimate of drug-likeness (QED) is 0.109. The standard InChI is InChI=1S/C27H38N3O5S.HI/c1-5-7-8-11-17-33-27-26(28-36-29-27)22-14-12-16-30(4,19-22)20(3)34-25(32)18-21-13-9-10-15-23(21)35-24(31)6-2;/h9-10,13-15,20H,5-8,11-12,16-19H2,1-4H3;1H/q+1;/p-1. The highest BCUT2D eigenvalue weighted by atomic mass is 127. The Morgan fingerprint density at radius 3 is 2.65 bits per heavy atom. The maximum absolute atomic E-state index is 12.8. The number of carbonyl (C=O) groups is 2. The minimum atomic E-state index is -0.364. The van der Waals surface area contributed by atoms with Crippen LogP contribution in [-0.4, -0.2) is 58.1 Å². The molecule has 10 heteroatoms. The maximum atomic E-state index is 12.8. The van der Waals surface area contributed by atoms with Gasteiger partial charge in [0.25, 0.3) is 5.88 Å². The molecule has 3 rings (SSSR count). The number of rotatable bonds is 13. The summed E-state index contributed by atoms with van der Waals surface area (Å²) in [6.07, 6.45) is 7.52. The van der Waals surface area contributed by atoms with Gasteiger partial charge in [-0.3, -0.25) is 14.1 Å². The summed E-state index contributed by atoms with van der Waals surface area (Å²) >= 11 is 1.16. The summed E-state index contributed by atoms with van der Waals surface area (Å²) < 4.78 is 26.6. The Kier molecular flexibility index (Phi) is 13.0. The summed E-state index contributed by atoms with van der Waals surface area (Å²) in [5, 5.41) is 0. The van der Waals surface area contributed by atoms with Gasteiger partial charge in [-0.15, -0.1) is 4.37 Å². The van der Waals surface area contributed by atoms with Crippen LogP contribution in [0.5, 0.6) is 11.6 Å². The normalized spacial score (nSPS) is 17.8. The van der Waals surface area contributed by atoms with Crippen molar-refractivity contribution in [3.63, 3.8) is 0 Å². The molecular formula is C27H38IN3O5S. The molecule has 0 saturated carbocycles. The summed E-state index contributed by atoms with van der Waals surface area (Å²) in [6, 6.07) is 7.07. The van der Waals surface area contributed by atoms with E-state index in [2.05, 4.69) is 28.8 Å². The molecular weight excluding hydrogens is 605 g/mol. The van der Waals surface area contributed by atoms with Gasteiger partial charge in [-0.25, -0.2) is 0 Å². The van der Waals surface area contributed by atoms with Gasteiger partial charge < -0.3 is 38.2 Å². The molecule has 1 aliphatic rings. The first-order valence-corrected chi connectivity index (χ1v) is 13.6. The molecule has 2 atom stereocenters. The minimum Gasteiger partial charge on any atom is -1.00 e. The fraction of sp³-hybridized carbons (Fsp3) is 0.556. The van der Waals surface area contributed by atoms with Crippen molar-refractivity contribution in [3.05, 3.63) is 41.6 Å². The molecule has 8 nitrogen and oxygen atoms in total. The van der Waals surface area contributed by atoms with E-state index in [1.54, 1.807) is 25.1 Å². The first-order valence-electron chi connectivity index (χ1n) is 12.8. The number of aromatic nitrogens is 2. The molecule has 0 saturated heterocycles. The number of quaternary nitrogens is 1. The summed E-state index contributed by atoms with van der Waals surface area (Å²) in [6.45, 7) is 7.99. The van der Waals surface area contributed by atoms with Crippen molar-refractivity contribution in [1.29, 1.82) is 0 Å². The molecule has 0 spiro atoms. The maximum Gasteiger partial charge on any atom is 0.314 e. The van der Waals surface area contributed by atoms with Crippen LogP contribution < -0.4 is 33.5 Å². The van der Waals surface area contributed by atoms with Crippen LogP contribution >= 0.6 is 11.7 Å². The van der Waals surface area contributed by atoms with E-state index in [1.165, 1.54) is 12.8 Å². The number of hydrogen-bond donors (Lipinski definition) is 0. The van der Waals surface area contributed by atoms with Gasteiger partial charge in [0.1, 0.15) is 18.0 Å². The third kappa shape index (κ3) is 9.03. The van der Waals surface area contributed by atoms with Gasteiger partial charge in [0.2, 0.25) is 6.23 Å². The van der Waals surface area contributed by atoms with E-state index < -0.39 is 0 Å². The van der Waals surface area contributed by atoms with E-state index in [-0.39, 0.29) is 55.0 Å². The van der Waals surface area contributed by atoms with Gasteiger partial charge in [-0.1, -0.05) is 57.4 Å². The summed E-state index contributed by atoms with van der Waals surface area (Å²) in [7, 11) is 2.09.